The molecule has 0 aliphatic rings. The summed E-state index contributed by atoms with van der Waals surface area (Å²) in [5.74, 6) is 1.95. The van der Waals surface area contributed by atoms with Crippen LogP contribution in [-0.2, 0) is 13.0 Å². The number of aryl methyl sites for hydroxylation is 2. The summed E-state index contributed by atoms with van der Waals surface area (Å²) in [4.78, 5) is 13.0. The van der Waals surface area contributed by atoms with Gasteiger partial charge in [0.2, 0.25) is 0 Å². The molecule has 1 amide bonds. The maximum atomic E-state index is 13.0. The largest absolute Gasteiger partial charge is 0.497 e. The first-order valence-corrected chi connectivity index (χ1v) is 10.5. The van der Waals surface area contributed by atoms with Crippen LogP contribution in [0.5, 0.6) is 17.2 Å². The van der Waals surface area contributed by atoms with Gasteiger partial charge in [-0.3, -0.25) is 4.79 Å². The quantitative estimate of drug-likeness (QED) is 0.476. The molecule has 0 saturated carbocycles. The Morgan fingerprint density at radius 3 is 2.42 bits per heavy atom. The van der Waals surface area contributed by atoms with E-state index in [-0.39, 0.29) is 12.5 Å². The lowest BCUT2D eigenvalue weighted by atomic mass is 10.0. The molecule has 0 saturated heterocycles. The van der Waals surface area contributed by atoms with Gasteiger partial charge in [0.05, 0.1) is 13.7 Å². The van der Waals surface area contributed by atoms with Gasteiger partial charge in [0, 0.05) is 22.9 Å². The highest BCUT2D eigenvalue weighted by molar-refractivity contribution is 6.05. The van der Waals surface area contributed by atoms with E-state index in [0.717, 1.165) is 34.5 Å². The summed E-state index contributed by atoms with van der Waals surface area (Å²) in [6.45, 7) is 6.81. The van der Waals surface area contributed by atoms with Crippen molar-refractivity contribution < 1.29 is 19.0 Å². The van der Waals surface area contributed by atoms with Crippen LogP contribution in [0.3, 0.4) is 0 Å². The molecule has 0 unspecified atom stereocenters. The number of nitrogens with one attached hydrogen (secondary N) is 1. The molecule has 3 rings (SSSR count). The Morgan fingerprint density at radius 1 is 0.903 bits per heavy atom. The zero-order chi connectivity index (χ0) is 22.2. The number of rotatable bonds is 9. The normalized spacial score (nSPS) is 10.5. The minimum absolute atomic E-state index is 0.158. The van der Waals surface area contributed by atoms with Crippen molar-refractivity contribution in [3.63, 3.8) is 0 Å². The van der Waals surface area contributed by atoms with E-state index in [4.69, 9.17) is 14.2 Å². The second kappa shape index (κ2) is 10.5. The van der Waals surface area contributed by atoms with Gasteiger partial charge in [0.15, 0.2) is 0 Å². The highest BCUT2D eigenvalue weighted by Crippen LogP contribution is 2.26. The number of ether oxygens (including phenoxy) is 3. The van der Waals surface area contributed by atoms with E-state index in [1.54, 1.807) is 13.2 Å². The number of hydrogen-bond donors (Lipinski definition) is 1. The van der Waals surface area contributed by atoms with Gasteiger partial charge in [-0.25, -0.2) is 0 Å². The van der Waals surface area contributed by atoms with Crippen LogP contribution in [0.2, 0.25) is 0 Å². The molecule has 0 atom stereocenters. The number of amides is 1. The molecule has 3 aromatic rings. The molecule has 162 valence electrons. The highest BCUT2D eigenvalue weighted by atomic mass is 16.5. The lowest BCUT2D eigenvalue weighted by Gasteiger charge is -2.15. The van der Waals surface area contributed by atoms with Crippen LogP contribution in [0, 0.1) is 6.92 Å². The van der Waals surface area contributed by atoms with Crippen molar-refractivity contribution in [3.8, 4) is 17.2 Å². The Morgan fingerprint density at radius 2 is 1.68 bits per heavy atom. The second-order valence-corrected chi connectivity index (χ2v) is 7.14. The molecule has 0 aliphatic carbocycles. The topological polar surface area (TPSA) is 56.8 Å². The fourth-order valence-electron chi connectivity index (χ4n) is 3.37. The molecule has 0 aromatic heterocycles. The van der Waals surface area contributed by atoms with Crippen LogP contribution in [0.15, 0.2) is 60.7 Å². The Labute approximate surface area is 184 Å². The maximum absolute atomic E-state index is 13.0. The molecular formula is C26H29NO4. The molecule has 5 nitrogen and oxygen atoms in total. The summed E-state index contributed by atoms with van der Waals surface area (Å²) < 4.78 is 16.9. The maximum Gasteiger partial charge on any atom is 0.255 e. The smallest absolute Gasteiger partial charge is 0.255 e. The first kappa shape index (κ1) is 22.2. The Balaban J connectivity index is 1.82. The fraction of sp³-hybridized carbons (Fsp3) is 0.269. The van der Waals surface area contributed by atoms with Gasteiger partial charge >= 0.3 is 0 Å². The SMILES string of the molecule is CCOc1ccc(C(=O)Nc2c(C)cccc2CC)cc1COc1cccc(OC)c1. The van der Waals surface area contributed by atoms with Gasteiger partial charge in [0.25, 0.3) is 5.91 Å². The van der Waals surface area contributed by atoms with E-state index in [9.17, 15) is 4.79 Å². The molecule has 5 heteroatoms. The van der Waals surface area contributed by atoms with Gasteiger partial charge < -0.3 is 19.5 Å². The Bertz CT molecular complexity index is 1050. The number of hydrogen-bond acceptors (Lipinski definition) is 4. The Kier molecular flexibility index (Phi) is 7.55. The van der Waals surface area contributed by atoms with E-state index in [0.29, 0.717) is 23.7 Å². The minimum Gasteiger partial charge on any atom is -0.497 e. The average Bonchev–Trinajstić information content (AvgIpc) is 2.79. The third-order valence-electron chi connectivity index (χ3n) is 5.04. The van der Waals surface area contributed by atoms with E-state index in [2.05, 4.69) is 12.2 Å². The van der Waals surface area contributed by atoms with Crippen molar-refractivity contribution in [2.45, 2.75) is 33.8 Å². The van der Waals surface area contributed by atoms with E-state index in [1.165, 1.54) is 0 Å². The van der Waals surface area contributed by atoms with E-state index >= 15 is 0 Å². The summed E-state index contributed by atoms with van der Waals surface area (Å²) in [5, 5.41) is 3.08. The monoisotopic (exact) mass is 419 g/mol. The van der Waals surface area contributed by atoms with Gasteiger partial charge in [-0.05, 0) is 61.7 Å². The van der Waals surface area contributed by atoms with Crippen LogP contribution in [0.25, 0.3) is 0 Å². The van der Waals surface area contributed by atoms with Crippen molar-refractivity contribution in [3.05, 3.63) is 82.9 Å². The van der Waals surface area contributed by atoms with Crippen molar-refractivity contribution in [1.29, 1.82) is 0 Å². The van der Waals surface area contributed by atoms with Gasteiger partial charge in [-0.15, -0.1) is 0 Å². The van der Waals surface area contributed by atoms with Crippen molar-refractivity contribution in [2.24, 2.45) is 0 Å². The molecule has 0 bridgehead atoms. The standard InChI is InChI=1S/C26H29NO4/c1-5-19-10-7-9-18(3)25(19)27-26(28)20-13-14-24(30-6-2)21(15-20)17-31-23-12-8-11-22(16-23)29-4/h7-16H,5-6,17H2,1-4H3,(H,27,28). The van der Waals surface area contributed by atoms with Gasteiger partial charge in [0.1, 0.15) is 23.9 Å². The van der Waals surface area contributed by atoms with Crippen LogP contribution in [-0.4, -0.2) is 19.6 Å². The average molecular weight is 420 g/mol. The first-order valence-electron chi connectivity index (χ1n) is 10.5. The Hall–Kier alpha value is -3.47. The number of para-hydroxylation sites is 1. The summed E-state index contributed by atoms with van der Waals surface area (Å²) in [6.07, 6.45) is 0.847. The second-order valence-electron chi connectivity index (χ2n) is 7.14. The van der Waals surface area contributed by atoms with Crippen LogP contribution in [0.4, 0.5) is 5.69 Å². The molecule has 0 heterocycles. The number of carbonyl (C=O) groups excluding carboxylic acids is 1. The number of anilines is 1. The fourth-order valence-corrected chi connectivity index (χ4v) is 3.37. The summed E-state index contributed by atoms with van der Waals surface area (Å²) in [5.41, 5.74) is 4.38. The highest BCUT2D eigenvalue weighted by Gasteiger charge is 2.14. The zero-order valence-electron chi connectivity index (χ0n) is 18.5. The first-order chi connectivity index (χ1) is 15.0. The van der Waals surface area contributed by atoms with E-state index in [1.807, 2.05) is 68.4 Å². The third-order valence-corrected chi connectivity index (χ3v) is 5.04. The van der Waals surface area contributed by atoms with Gasteiger partial charge in [-0.1, -0.05) is 31.2 Å². The minimum atomic E-state index is -0.158. The van der Waals surface area contributed by atoms with E-state index < -0.39 is 0 Å². The molecule has 0 fully saturated rings. The third kappa shape index (κ3) is 5.57. The predicted molar refractivity (Wildman–Crippen MR) is 123 cm³/mol. The van der Waals surface area contributed by atoms with Gasteiger partial charge in [-0.2, -0.15) is 0 Å². The lowest BCUT2D eigenvalue weighted by molar-refractivity contribution is 0.102. The molecule has 1 N–H and O–H groups in total. The summed E-state index contributed by atoms with van der Waals surface area (Å²) in [6, 6.07) is 18.9. The number of methoxy groups -OCH3 is 1. The lowest BCUT2D eigenvalue weighted by Crippen LogP contribution is -2.15. The van der Waals surface area contributed by atoms with Crippen LogP contribution >= 0.6 is 0 Å². The predicted octanol–water partition coefficient (Wildman–Crippen LogP) is 5.80. The molecule has 0 radical (unpaired) electrons. The molecule has 0 aliphatic heterocycles. The molecule has 31 heavy (non-hydrogen) atoms. The van der Waals surface area contributed by atoms with Crippen molar-refractivity contribution in [1.82, 2.24) is 0 Å². The van der Waals surface area contributed by atoms with Crippen LogP contribution in [0.1, 0.15) is 40.9 Å². The summed E-state index contributed by atoms with van der Waals surface area (Å²) in [7, 11) is 1.62. The molecule has 0 spiro atoms. The summed E-state index contributed by atoms with van der Waals surface area (Å²) >= 11 is 0. The number of carbonyl (C=O) groups is 1. The number of benzene rings is 3. The van der Waals surface area contributed by atoms with Crippen molar-refractivity contribution in [2.75, 3.05) is 19.0 Å². The molecule has 3 aromatic carbocycles. The van der Waals surface area contributed by atoms with Crippen molar-refractivity contribution >= 4 is 11.6 Å². The molecular weight excluding hydrogens is 390 g/mol. The zero-order valence-corrected chi connectivity index (χ0v) is 18.5. The van der Waals surface area contributed by atoms with Crippen LogP contribution < -0.4 is 19.5 Å².